The van der Waals surface area contributed by atoms with Crippen LogP contribution >= 0.6 is 11.6 Å². The lowest BCUT2D eigenvalue weighted by Crippen LogP contribution is -2.28. The molecule has 2 rings (SSSR count). The summed E-state index contributed by atoms with van der Waals surface area (Å²) in [6.45, 7) is 0.847. The first kappa shape index (κ1) is 16.2. The van der Waals surface area contributed by atoms with Gasteiger partial charge < -0.3 is 15.0 Å². The first-order chi connectivity index (χ1) is 10.6. The van der Waals surface area contributed by atoms with Crippen molar-refractivity contribution >= 4 is 23.2 Å². The number of carbonyl (C=O) groups excluding carboxylic acids is 1. The van der Waals surface area contributed by atoms with Crippen LogP contribution in [0.1, 0.15) is 10.4 Å². The fourth-order valence-electron chi connectivity index (χ4n) is 1.88. The molecule has 5 heteroatoms. The average Bonchev–Trinajstić information content (AvgIpc) is 2.53. The first-order valence-corrected chi connectivity index (χ1v) is 7.38. The zero-order valence-electron chi connectivity index (χ0n) is 12.7. The number of hydrogen-bond donors (Lipinski definition) is 1. The van der Waals surface area contributed by atoms with Gasteiger partial charge in [0, 0.05) is 30.4 Å². The van der Waals surface area contributed by atoms with Crippen LogP contribution in [-0.2, 0) is 0 Å². The molecule has 0 spiro atoms. The van der Waals surface area contributed by atoms with E-state index in [0.717, 1.165) is 11.4 Å². The van der Waals surface area contributed by atoms with Crippen LogP contribution in [0.3, 0.4) is 0 Å². The van der Waals surface area contributed by atoms with E-state index >= 15 is 0 Å². The van der Waals surface area contributed by atoms with Gasteiger partial charge in [-0.2, -0.15) is 0 Å². The maximum atomic E-state index is 12.0. The van der Waals surface area contributed by atoms with Crippen LogP contribution in [-0.4, -0.2) is 33.2 Å². The number of nitrogens with zero attached hydrogens (tertiary/aromatic N) is 1. The third-order valence-electron chi connectivity index (χ3n) is 3.12. The summed E-state index contributed by atoms with van der Waals surface area (Å²) in [4.78, 5) is 14.0. The second kappa shape index (κ2) is 7.71. The summed E-state index contributed by atoms with van der Waals surface area (Å²) in [6.07, 6.45) is 0. The summed E-state index contributed by atoms with van der Waals surface area (Å²) >= 11 is 5.80. The first-order valence-electron chi connectivity index (χ1n) is 7.00. The molecular formula is C17H19ClN2O2. The third kappa shape index (κ3) is 4.67. The Morgan fingerprint density at radius 2 is 1.73 bits per heavy atom. The van der Waals surface area contributed by atoms with E-state index in [1.165, 1.54) is 0 Å². The molecule has 0 unspecified atom stereocenters. The predicted molar refractivity (Wildman–Crippen MR) is 90.0 cm³/mol. The number of rotatable bonds is 6. The van der Waals surface area contributed by atoms with Crippen molar-refractivity contribution < 1.29 is 9.53 Å². The topological polar surface area (TPSA) is 41.6 Å². The van der Waals surface area contributed by atoms with Gasteiger partial charge in [0.25, 0.3) is 5.91 Å². The zero-order valence-corrected chi connectivity index (χ0v) is 13.4. The molecule has 22 heavy (non-hydrogen) atoms. The molecule has 0 radical (unpaired) electrons. The Morgan fingerprint density at radius 1 is 1.09 bits per heavy atom. The van der Waals surface area contributed by atoms with Gasteiger partial charge in [-0.25, -0.2) is 0 Å². The van der Waals surface area contributed by atoms with E-state index in [0.29, 0.717) is 23.7 Å². The zero-order chi connectivity index (χ0) is 15.9. The van der Waals surface area contributed by atoms with Crippen molar-refractivity contribution in [2.75, 3.05) is 32.1 Å². The number of amides is 1. The number of carbonyl (C=O) groups is 1. The van der Waals surface area contributed by atoms with E-state index in [4.69, 9.17) is 16.3 Å². The number of halogens is 1. The minimum atomic E-state index is -0.106. The van der Waals surface area contributed by atoms with E-state index in [-0.39, 0.29) is 5.91 Å². The van der Waals surface area contributed by atoms with Crippen molar-refractivity contribution in [1.82, 2.24) is 5.32 Å². The highest BCUT2D eigenvalue weighted by atomic mass is 35.5. The molecule has 0 atom stereocenters. The van der Waals surface area contributed by atoms with Crippen molar-refractivity contribution in [3.8, 4) is 5.75 Å². The normalized spacial score (nSPS) is 10.1. The Labute approximate surface area is 135 Å². The largest absolute Gasteiger partial charge is 0.492 e. The Hall–Kier alpha value is -2.20. The van der Waals surface area contributed by atoms with E-state index in [1.807, 2.05) is 43.3 Å². The number of hydrogen-bond acceptors (Lipinski definition) is 3. The van der Waals surface area contributed by atoms with Crippen LogP contribution < -0.4 is 15.0 Å². The Bertz CT molecular complexity index is 610. The molecule has 4 nitrogen and oxygen atoms in total. The molecule has 0 aliphatic heterocycles. The molecule has 2 aromatic rings. The lowest BCUT2D eigenvalue weighted by molar-refractivity contribution is 0.0947. The maximum absolute atomic E-state index is 12.0. The minimum absolute atomic E-state index is 0.106. The fraction of sp³-hybridized carbons (Fsp3) is 0.235. The summed E-state index contributed by atoms with van der Waals surface area (Å²) < 4.78 is 5.52. The van der Waals surface area contributed by atoms with Crippen molar-refractivity contribution in [2.24, 2.45) is 0 Å². The second-order valence-corrected chi connectivity index (χ2v) is 5.44. The van der Waals surface area contributed by atoms with Gasteiger partial charge in [0.15, 0.2) is 0 Å². The van der Waals surface area contributed by atoms with Gasteiger partial charge in [0.2, 0.25) is 0 Å². The molecule has 1 N–H and O–H groups in total. The molecule has 0 aromatic heterocycles. The Balaban J connectivity index is 1.76. The number of ether oxygens (including phenoxy) is 1. The second-order valence-electron chi connectivity index (χ2n) is 5.00. The smallest absolute Gasteiger partial charge is 0.251 e. The molecule has 0 aliphatic rings. The molecule has 2 aromatic carbocycles. The van der Waals surface area contributed by atoms with Crippen molar-refractivity contribution in [2.45, 2.75) is 0 Å². The molecule has 1 amide bonds. The Morgan fingerprint density at radius 3 is 2.32 bits per heavy atom. The van der Waals surface area contributed by atoms with Crippen LogP contribution in [0.25, 0.3) is 0 Å². The molecule has 0 saturated carbocycles. The molecule has 0 saturated heterocycles. The summed E-state index contributed by atoms with van der Waals surface area (Å²) in [5, 5.41) is 3.49. The van der Waals surface area contributed by atoms with Gasteiger partial charge in [0.1, 0.15) is 12.4 Å². The van der Waals surface area contributed by atoms with Gasteiger partial charge >= 0.3 is 0 Å². The molecular weight excluding hydrogens is 300 g/mol. The van der Waals surface area contributed by atoms with Gasteiger partial charge in [0.05, 0.1) is 6.54 Å². The molecule has 0 heterocycles. The lowest BCUT2D eigenvalue weighted by Gasteiger charge is -2.12. The van der Waals surface area contributed by atoms with Gasteiger partial charge in [-0.3, -0.25) is 4.79 Å². The highest BCUT2D eigenvalue weighted by Gasteiger charge is 2.05. The van der Waals surface area contributed by atoms with Crippen molar-refractivity contribution in [1.29, 1.82) is 0 Å². The van der Waals surface area contributed by atoms with Gasteiger partial charge in [-0.15, -0.1) is 0 Å². The summed E-state index contributed by atoms with van der Waals surface area (Å²) in [6, 6.07) is 14.6. The van der Waals surface area contributed by atoms with E-state index in [2.05, 4.69) is 5.32 Å². The molecule has 116 valence electrons. The predicted octanol–water partition coefficient (Wildman–Crippen LogP) is 3.21. The minimum Gasteiger partial charge on any atom is -0.492 e. The number of anilines is 1. The monoisotopic (exact) mass is 318 g/mol. The standard InChI is InChI=1S/C17H19ClN2O2/c1-20(2)15-7-3-13(4-8-15)17(21)19-11-12-22-16-9-5-14(18)6-10-16/h3-10H,11-12H2,1-2H3,(H,19,21). The maximum Gasteiger partial charge on any atom is 0.251 e. The van der Waals surface area contributed by atoms with Crippen LogP contribution in [0.2, 0.25) is 5.02 Å². The summed E-state index contributed by atoms with van der Waals surface area (Å²) in [7, 11) is 3.92. The van der Waals surface area contributed by atoms with E-state index < -0.39 is 0 Å². The highest BCUT2D eigenvalue weighted by Crippen LogP contribution is 2.15. The van der Waals surface area contributed by atoms with E-state index in [1.54, 1.807) is 24.3 Å². The van der Waals surface area contributed by atoms with Crippen molar-refractivity contribution in [3.05, 3.63) is 59.1 Å². The van der Waals surface area contributed by atoms with Crippen LogP contribution in [0, 0.1) is 0 Å². The van der Waals surface area contributed by atoms with Crippen molar-refractivity contribution in [3.63, 3.8) is 0 Å². The van der Waals surface area contributed by atoms with Crippen LogP contribution in [0.5, 0.6) is 5.75 Å². The molecule has 0 bridgehead atoms. The SMILES string of the molecule is CN(C)c1ccc(C(=O)NCCOc2ccc(Cl)cc2)cc1. The van der Waals surface area contributed by atoms with Crippen LogP contribution in [0.4, 0.5) is 5.69 Å². The Kier molecular flexibility index (Phi) is 5.67. The number of nitrogens with one attached hydrogen (secondary N) is 1. The summed E-state index contributed by atoms with van der Waals surface area (Å²) in [5.74, 6) is 0.624. The van der Waals surface area contributed by atoms with Gasteiger partial charge in [-0.1, -0.05) is 11.6 Å². The summed E-state index contributed by atoms with van der Waals surface area (Å²) in [5.41, 5.74) is 1.69. The van der Waals surface area contributed by atoms with Crippen LogP contribution in [0.15, 0.2) is 48.5 Å². The third-order valence-corrected chi connectivity index (χ3v) is 3.37. The average molecular weight is 319 g/mol. The molecule has 0 fully saturated rings. The quantitative estimate of drug-likeness (QED) is 0.832. The lowest BCUT2D eigenvalue weighted by atomic mass is 10.2. The molecule has 0 aliphatic carbocycles. The highest BCUT2D eigenvalue weighted by molar-refractivity contribution is 6.30. The van der Waals surface area contributed by atoms with E-state index in [9.17, 15) is 4.79 Å². The number of benzene rings is 2. The fourth-order valence-corrected chi connectivity index (χ4v) is 2.00. The van der Waals surface area contributed by atoms with Gasteiger partial charge in [-0.05, 0) is 48.5 Å².